The molecular formula is C15H24N2O3. The van der Waals surface area contributed by atoms with Crippen molar-refractivity contribution in [3.05, 3.63) is 23.8 Å². The summed E-state index contributed by atoms with van der Waals surface area (Å²) in [7, 11) is 1.62. The van der Waals surface area contributed by atoms with Gasteiger partial charge in [-0.05, 0) is 24.7 Å². The number of aromatic hydroxyl groups is 1. The summed E-state index contributed by atoms with van der Waals surface area (Å²) < 4.78 is 10.9. The third-order valence-electron chi connectivity index (χ3n) is 3.64. The summed E-state index contributed by atoms with van der Waals surface area (Å²) >= 11 is 0. The van der Waals surface area contributed by atoms with Crippen LogP contribution in [0.15, 0.2) is 18.2 Å². The molecule has 0 aromatic heterocycles. The van der Waals surface area contributed by atoms with E-state index in [2.05, 4.69) is 17.1 Å². The zero-order valence-electron chi connectivity index (χ0n) is 12.3. The molecule has 1 saturated heterocycles. The Morgan fingerprint density at radius 3 is 3.10 bits per heavy atom. The number of morpholine rings is 1. The van der Waals surface area contributed by atoms with Gasteiger partial charge >= 0.3 is 0 Å². The summed E-state index contributed by atoms with van der Waals surface area (Å²) in [6.07, 6.45) is 0.219. The van der Waals surface area contributed by atoms with Gasteiger partial charge in [0.05, 0.1) is 19.8 Å². The van der Waals surface area contributed by atoms with Crippen LogP contribution in [0.5, 0.6) is 11.5 Å². The third-order valence-corrected chi connectivity index (χ3v) is 3.64. The molecule has 0 aliphatic carbocycles. The lowest BCUT2D eigenvalue weighted by molar-refractivity contribution is -0.0253. The Labute approximate surface area is 120 Å². The topological polar surface area (TPSA) is 54.0 Å². The van der Waals surface area contributed by atoms with Gasteiger partial charge in [0.1, 0.15) is 11.5 Å². The Kier molecular flexibility index (Phi) is 5.64. The molecule has 1 unspecified atom stereocenters. The lowest BCUT2D eigenvalue weighted by atomic mass is 10.2. The Morgan fingerprint density at radius 2 is 2.35 bits per heavy atom. The predicted molar refractivity (Wildman–Crippen MR) is 78.2 cm³/mol. The molecule has 0 saturated carbocycles. The SMILES string of the molecule is CCN1CCOC(CNCc2cc(OC)ccc2O)C1. The van der Waals surface area contributed by atoms with Crippen molar-refractivity contribution in [2.45, 2.75) is 19.6 Å². The van der Waals surface area contributed by atoms with E-state index >= 15 is 0 Å². The Bertz CT molecular complexity index is 426. The highest BCUT2D eigenvalue weighted by Crippen LogP contribution is 2.22. The number of hydrogen-bond donors (Lipinski definition) is 2. The number of likely N-dealkylation sites (N-methyl/N-ethyl adjacent to an activating group) is 1. The summed E-state index contributed by atoms with van der Waals surface area (Å²) in [6, 6.07) is 5.26. The molecular weight excluding hydrogens is 256 g/mol. The molecule has 112 valence electrons. The van der Waals surface area contributed by atoms with Gasteiger partial charge in [-0.15, -0.1) is 0 Å². The van der Waals surface area contributed by atoms with Crippen LogP contribution in [0.25, 0.3) is 0 Å². The maximum absolute atomic E-state index is 9.81. The van der Waals surface area contributed by atoms with Crippen LogP contribution >= 0.6 is 0 Å². The lowest BCUT2D eigenvalue weighted by Crippen LogP contribution is -2.46. The van der Waals surface area contributed by atoms with E-state index in [9.17, 15) is 5.11 Å². The van der Waals surface area contributed by atoms with E-state index in [0.29, 0.717) is 6.54 Å². The summed E-state index contributed by atoms with van der Waals surface area (Å²) in [4.78, 5) is 2.39. The number of hydrogen-bond acceptors (Lipinski definition) is 5. The second-order valence-electron chi connectivity index (χ2n) is 5.01. The molecule has 0 amide bonds. The molecule has 2 rings (SSSR count). The zero-order chi connectivity index (χ0) is 14.4. The Balaban J connectivity index is 1.80. The summed E-state index contributed by atoms with van der Waals surface area (Å²) in [5.41, 5.74) is 0.840. The van der Waals surface area contributed by atoms with Crippen LogP contribution in [0.2, 0.25) is 0 Å². The molecule has 1 aliphatic heterocycles. The van der Waals surface area contributed by atoms with Crippen molar-refractivity contribution in [2.24, 2.45) is 0 Å². The van der Waals surface area contributed by atoms with Gasteiger partial charge in [0.15, 0.2) is 0 Å². The van der Waals surface area contributed by atoms with E-state index in [0.717, 1.165) is 44.1 Å². The van der Waals surface area contributed by atoms with E-state index in [-0.39, 0.29) is 11.9 Å². The molecule has 0 bridgehead atoms. The molecule has 2 N–H and O–H groups in total. The first kappa shape index (κ1) is 15.1. The average Bonchev–Trinajstić information content (AvgIpc) is 2.49. The molecule has 5 nitrogen and oxygen atoms in total. The third kappa shape index (κ3) is 4.10. The van der Waals surface area contributed by atoms with Crippen molar-refractivity contribution >= 4 is 0 Å². The van der Waals surface area contributed by atoms with Crippen molar-refractivity contribution in [3.8, 4) is 11.5 Å². The van der Waals surface area contributed by atoms with Crippen LogP contribution < -0.4 is 10.1 Å². The zero-order valence-corrected chi connectivity index (χ0v) is 12.3. The van der Waals surface area contributed by atoms with Gasteiger partial charge in [0, 0.05) is 31.7 Å². The number of methoxy groups -OCH3 is 1. The predicted octanol–water partition coefficient (Wildman–Crippen LogP) is 1.21. The van der Waals surface area contributed by atoms with Crippen molar-refractivity contribution in [3.63, 3.8) is 0 Å². The Hall–Kier alpha value is -1.30. The second kappa shape index (κ2) is 7.47. The van der Waals surface area contributed by atoms with E-state index in [1.165, 1.54) is 0 Å². The molecule has 1 atom stereocenters. The van der Waals surface area contributed by atoms with E-state index in [1.807, 2.05) is 6.07 Å². The van der Waals surface area contributed by atoms with E-state index in [4.69, 9.17) is 9.47 Å². The second-order valence-corrected chi connectivity index (χ2v) is 5.01. The monoisotopic (exact) mass is 280 g/mol. The van der Waals surface area contributed by atoms with Crippen LogP contribution in [0.3, 0.4) is 0 Å². The van der Waals surface area contributed by atoms with Gasteiger partial charge in [-0.25, -0.2) is 0 Å². The van der Waals surface area contributed by atoms with Crippen molar-refractivity contribution in [2.75, 3.05) is 39.9 Å². The quantitative estimate of drug-likeness (QED) is 0.820. The average molecular weight is 280 g/mol. The highest BCUT2D eigenvalue weighted by atomic mass is 16.5. The minimum Gasteiger partial charge on any atom is -0.508 e. The molecule has 1 aliphatic rings. The number of rotatable bonds is 6. The molecule has 0 spiro atoms. The summed E-state index contributed by atoms with van der Waals surface area (Å²) in [5.74, 6) is 1.05. The molecule has 20 heavy (non-hydrogen) atoms. The maximum Gasteiger partial charge on any atom is 0.120 e. The van der Waals surface area contributed by atoms with Crippen LogP contribution in [0.1, 0.15) is 12.5 Å². The smallest absolute Gasteiger partial charge is 0.120 e. The number of nitrogens with zero attached hydrogens (tertiary/aromatic N) is 1. The first-order valence-electron chi connectivity index (χ1n) is 7.13. The van der Waals surface area contributed by atoms with Crippen LogP contribution in [0, 0.1) is 0 Å². The molecule has 1 aromatic carbocycles. The molecule has 5 heteroatoms. The fraction of sp³-hybridized carbons (Fsp3) is 0.600. The lowest BCUT2D eigenvalue weighted by Gasteiger charge is -2.32. The van der Waals surface area contributed by atoms with Gasteiger partial charge in [-0.1, -0.05) is 6.92 Å². The van der Waals surface area contributed by atoms with Crippen LogP contribution in [-0.2, 0) is 11.3 Å². The van der Waals surface area contributed by atoms with Gasteiger partial charge in [0.25, 0.3) is 0 Å². The molecule has 0 radical (unpaired) electrons. The van der Waals surface area contributed by atoms with Crippen molar-refractivity contribution < 1.29 is 14.6 Å². The normalized spacial score (nSPS) is 20.0. The van der Waals surface area contributed by atoms with Crippen LogP contribution in [-0.4, -0.2) is 56.0 Å². The molecule has 1 heterocycles. The highest BCUT2D eigenvalue weighted by Gasteiger charge is 2.18. The van der Waals surface area contributed by atoms with Gasteiger partial charge in [-0.3, -0.25) is 4.90 Å². The minimum absolute atomic E-state index is 0.219. The maximum atomic E-state index is 9.81. The number of ether oxygens (including phenoxy) is 2. The van der Waals surface area contributed by atoms with Gasteiger partial charge in [0.2, 0.25) is 0 Å². The number of benzene rings is 1. The fourth-order valence-electron chi connectivity index (χ4n) is 2.39. The highest BCUT2D eigenvalue weighted by molar-refractivity contribution is 5.39. The van der Waals surface area contributed by atoms with Crippen molar-refractivity contribution in [1.29, 1.82) is 0 Å². The first-order chi connectivity index (χ1) is 9.72. The minimum atomic E-state index is 0.219. The molecule has 1 fully saturated rings. The Morgan fingerprint density at radius 1 is 1.50 bits per heavy atom. The van der Waals surface area contributed by atoms with E-state index < -0.39 is 0 Å². The van der Waals surface area contributed by atoms with Gasteiger partial charge in [-0.2, -0.15) is 0 Å². The number of nitrogens with one attached hydrogen (secondary N) is 1. The van der Waals surface area contributed by atoms with E-state index in [1.54, 1.807) is 19.2 Å². The molecule has 1 aromatic rings. The fourth-order valence-corrected chi connectivity index (χ4v) is 2.39. The summed E-state index contributed by atoms with van der Waals surface area (Å²) in [5, 5.41) is 13.2. The van der Waals surface area contributed by atoms with Crippen LogP contribution in [0.4, 0.5) is 0 Å². The largest absolute Gasteiger partial charge is 0.508 e. The van der Waals surface area contributed by atoms with Crippen molar-refractivity contribution in [1.82, 2.24) is 10.2 Å². The first-order valence-corrected chi connectivity index (χ1v) is 7.13. The number of phenolic OH excluding ortho intramolecular Hbond substituents is 1. The van der Waals surface area contributed by atoms with Gasteiger partial charge < -0.3 is 19.9 Å². The summed E-state index contributed by atoms with van der Waals surface area (Å²) in [6.45, 7) is 7.41. The number of phenols is 1. The standard InChI is InChI=1S/C15H24N2O3/c1-3-17-6-7-20-14(11-17)10-16-9-12-8-13(19-2)4-5-15(12)18/h4-5,8,14,16,18H,3,6-7,9-11H2,1-2H3.